The van der Waals surface area contributed by atoms with E-state index in [1.807, 2.05) is 24.3 Å². The average molecular weight is 353 g/mol. The summed E-state index contributed by atoms with van der Waals surface area (Å²) < 4.78 is 0. The van der Waals surface area contributed by atoms with Crippen molar-refractivity contribution in [2.45, 2.75) is 44.2 Å². The van der Waals surface area contributed by atoms with E-state index in [1.54, 1.807) is 0 Å². The maximum Gasteiger partial charge on any atom is 0.329 e. The molecule has 0 saturated heterocycles. The molecule has 2 aromatic rings. The molecule has 1 atom stereocenters. The number of benzene rings is 2. The molecule has 3 rings (SSSR count). The van der Waals surface area contributed by atoms with Gasteiger partial charge in [0.25, 0.3) is 0 Å². The summed E-state index contributed by atoms with van der Waals surface area (Å²) in [5.74, 6) is -1.51. The molecule has 136 valence electrons. The molecule has 0 spiro atoms. The third kappa shape index (κ3) is 3.48. The van der Waals surface area contributed by atoms with Crippen LogP contribution in [0.25, 0.3) is 11.1 Å². The third-order valence-electron chi connectivity index (χ3n) is 4.88. The molecule has 0 aromatic heterocycles. The van der Waals surface area contributed by atoms with Crippen LogP contribution in [0.2, 0.25) is 0 Å². The van der Waals surface area contributed by atoms with Gasteiger partial charge in [-0.15, -0.1) is 0 Å². The van der Waals surface area contributed by atoms with Gasteiger partial charge >= 0.3 is 5.97 Å². The number of hydrogen-bond acceptors (Lipinski definition) is 3. The van der Waals surface area contributed by atoms with E-state index in [1.165, 1.54) is 36.1 Å². The minimum atomic E-state index is -1.53. The van der Waals surface area contributed by atoms with E-state index in [0.717, 1.165) is 0 Å². The van der Waals surface area contributed by atoms with Crippen molar-refractivity contribution in [3.05, 3.63) is 59.7 Å². The zero-order chi connectivity index (χ0) is 18.9. The van der Waals surface area contributed by atoms with E-state index in [0.29, 0.717) is 6.42 Å². The maximum atomic E-state index is 12.3. The van der Waals surface area contributed by atoms with Crippen LogP contribution in [0.3, 0.4) is 0 Å². The molecular formula is C21H23NO4. The van der Waals surface area contributed by atoms with Crippen molar-refractivity contribution in [2.75, 3.05) is 0 Å². The molecule has 0 bridgehead atoms. The minimum Gasteiger partial charge on any atom is -0.480 e. The van der Waals surface area contributed by atoms with Crippen LogP contribution >= 0.6 is 0 Å². The zero-order valence-corrected chi connectivity index (χ0v) is 14.9. The van der Waals surface area contributed by atoms with Gasteiger partial charge in [0.05, 0.1) is 5.60 Å². The van der Waals surface area contributed by atoms with Gasteiger partial charge in [0.15, 0.2) is 6.04 Å². The second-order valence-corrected chi connectivity index (χ2v) is 7.26. The number of aliphatic hydroxyl groups is 1. The zero-order valence-electron chi connectivity index (χ0n) is 14.9. The SMILES string of the molecule is CC(C)(O)C(NC(=O)CCC1c2ccccc2-c2ccccc21)C(=O)O. The molecule has 1 amide bonds. The van der Waals surface area contributed by atoms with Gasteiger partial charge in [0, 0.05) is 12.3 Å². The van der Waals surface area contributed by atoms with Gasteiger partial charge in [-0.25, -0.2) is 4.79 Å². The van der Waals surface area contributed by atoms with Gasteiger partial charge in [0.1, 0.15) is 0 Å². The Hall–Kier alpha value is -2.66. The first-order chi connectivity index (χ1) is 12.3. The van der Waals surface area contributed by atoms with Crippen LogP contribution in [-0.4, -0.2) is 33.7 Å². The van der Waals surface area contributed by atoms with Gasteiger partial charge in [0.2, 0.25) is 5.91 Å². The van der Waals surface area contributed by atoms with E-state index >= 15 is 0 Å². The van der Waals surface area contributed by atoms with E-state index in [2.05, 4.69) is 29.6 Å². The standard InChI is InChI=1S/C21H23NO4/c1-21(2,26)19(20(24)25)22-18(23)12-11-17-15-9-5-3-7-13(15)14-8-4-6-10-16(14)17/h3-10,17,19,26H,11-12H2,1-2H3,(H,22,23)(H,24,25). The molecule has 1 unspecified atom stereocenters. The number of carboxylic acid groups (broad SMARTS) is 1. The van der Waals surface area contributed by atoms with Crippen molar-refractivity contribution in [1.82, 2.24) is 5.32 Å². The number of carbonyl (C=O) groups is 2. The van der Waals surface area contributed by atoms with Crippen LogP contribution in [0.4, 0.5) is 0 Å². The Balaban J connectivity index is 1.74. The molecule has 0 heterocycles. The molecule has 2 aromatic carbocycles. The Bertz CT molecular complexity index is 792. The van der Waals surface area contributed by atoms with Crippen molar-refractivity contribution in [2.24, 2.45) is 0 Å². The Labute approximate surface area is 152 Å². The van der Waals surface area contributed by atoms with Gasteiger partial charge in [-0.2, -0.15) is 0 Å². The number of rotatable bonds is 6. The fourth-order valence-electron chi connectivity index (χ4n) is 3.62. The monoisotopic (exact) mass is 353 g/mol. The van der Waals surface area contributed by atoms with Gasteiger partial charge in [-0.1, -0.05) is 48.5 Å². The second-order valence-electron chi connectivity index (χ2n) is 7.26. The van der Waals surface area contributed by atoms with Crippen LogP contribution in [0.15, 0.2) is 48.5 Å². The molecule has 0 saturated carbocycles. The van der Waals surface area contributed by atoms with Crippen LogP contribution in [0.1, 0.15) is 43.7 Å². The summed E-state index contributed by atoms with van der Waals surface area (Å²) in [5, 5.41) is 21.6. The molecular weight excluding hydrogens is 330 g/mol. The highest BCUT2D eigenvalue weighted by Crippen LogP contribution is 2.46. The average Bonchev–Trinajstić information content (AvgIpc) is 2.91. The summed E-state index contributed by atoms with van der Waals surface area (Å²) in [6.45, 7) is 2.74. The Morgan fingerprint density at radius 1 is 1.04 bits per heavy atom. The lowest BCUT2D eigenvalue weighted by Gasteiger charge is -2.26. The third-order valence-corrected chi connectivity index (χ3v) is 4.88. The fourth-order valence-corrected chi connectivity index (χ4v) is 3.62. The van der Waals surface area contributed by atoms with Crippen LogP contribution in [0, 0.1) is 0 Å². The molecule has 1 aliphatic rings. The summed E-state index contributed by atoms with van der Waals surface area (Å²) in [5.41, 5.74) is 3.23. The van der Waals surface area contributed by atoms with Crippen LogP contribution < -0.4 is 5.32 Å². The molecule has 0 fully saturated rings. The lowest BCUT2D eigenvalue weighted by Crippen LogP contribution is -2.54. The highest BCUT2D eigenvalue weighted by Gasteiger charge is 2.35. The first-order valence-electron chi connectivity index (χ1n) is 8.72. The van der Waals surface area contributed by atoms with E-state index < -0.39 is 17.6 Å². The van der Waals surface area contributed by atoms with Gasteiger partial charge < -0.3 is 15.5 Å². The minimum absolute atomic E-state index is 0.110. The summed E-state index contributed by atoms with van der Waals surface area (Å²) >= 11 is 0. The Kier molecular flexibility index (Phi) is 4.83. The smallest absolute Gasteiger partial charge is 0.329 e. The molecule has 3 N–H and O–H groups in total. The molecule has 26 heavy (non-hydrogen) atoms. The normalized spacial score (nSPS) is 14.4. The Morgan fingerprint density at radius 3 is 2.00 bits per heavy atom. The molecule has 5 nitrogen and oxygen atoms in total. The molecule has 5 heteroatoms. The van der Waals surface area contributed by atoms with Gasteiger partial charge in [-0.05, 0) is 42.5 Å². The van der Waals surface area contributed by atoms with Crippen molar-refractivity contribution in [1.29, 1.82) is 0 Å². The number of hydrogen-bond donors (Lipinski definition) is 3. The fraction of sp³-hybridized carbons (Fsp3) is 0.333. The quantitative estimate of drug-likeness (QED) is 0.745. The van der Waals surface area contributed by atoms with Crippen molar-refractivity contribution >= 4 is 11.9 Å². The van der Waals surface area contributed by atoms with Crippen molar-refractivity contribution in [3.63, 3.8) is 0 Å². The predicted molar refractivity (Wildman–Crippen MR) is 98.8 cm³/mol. The lowest BCUT2D eigenvalue weighted by atomic mass is 9.92. The number of carboxylic acids is 1. The summed E-state index contributed by atoms with van der Waals surface area (Å²) in [6, 6.07) is 15.0. The highest BCUT2D eigenvalue weighted by molar-refractivity contribution is 5.85. The van der Waals surface area contributed by atoms with Crippen LogP contribution in [0.5, 0.6) is 0 Å². The first-order valence-corrected chi connectivity index (χ1v) is 8.72. The second kappa shape index (κ2) is 6.92. The number of carbonyl (C=O) groups excluding carboxylic acids is 1. The maximum absolute atomic E-state index is 12.3. The summed E-state index contributed by atoms with van der Waals surface area (Å²) in [7, 11) is 0. The summed E-state index contributed by atoms with van der Waals surface area (Å²) in [4.78, 5) is 23.6. The predicted octanol–water partition coefficient (Wildman–Crippen LogP) is 2.92. The first kappa shape index (κ1) is 18.1. The lowest BCUT2D eigenvalue weighted by molar-refractivity contribution is -0.148. The van der Waals surface area contributed by atoms with Crippen molar-refractivity contribution < 1.29 is 19.8 Å². The van der Waals surface area contributed by atoms with E-state index in [-0.39, 0.29) is 18.2 Å². The highest BCUT2D eigenvalue weighted by atomic mass is 16.4. The number of nitrogens with one attached hydrogen (secondary N) is 1. The Morgan fingerprint density at radius 2 is 1.54 bits per heavy atom. The number of aliphatic carboxylic acids is 1. The number of fused-ring (bicyclic) bond motifs is 3. The van der Waals surface area contributed by atoms with Crippen LogP contribution in [-0.2, 0) is 9.59 Å². The number of amides is 1. The topological polar surface area (TPSA) is 86.6 Å². The van der Waals surface area contributed by atoms with Crippen molar-refractivity contribution in [3.8, 4) is 11.1 Å². The molecule has 1 aliphatic carbocycles. The summed E-state index contributed by atoms with van der Waals surface area (Å²) in [6.07, 6.45) is 0.769. The molecule has 0 aliphatic heterocycles. The molecule has 0 radical (unpaired) electrons. The largest absolute Gasteiger partial charge is 0.480 e. The van der Waals surface area contributed by atoms with E-state index in [9.17, 15) is 19.8 Å². The van der Waals surface area contributed by atoms with E-state index in [4.69, 9.17) is 0 Å². The van der Waals surface area contributed by atoms with Gasteiger partial charge in [-0.3, -0.25) is 4.79 Å².